The smallest absolute Gasteiger partial charge is 0.223 e. The monoisotopic (exact) mass is 425 g/mol. The first-order valence-corrected chi connectivity index (χ1v) is 9.12. The highest BCUT2D eigenvalue weighted by Crippen LogP contribution is 2.41. The van der Waals surface area contributed by atoms with Gasteiger partial charge >= 0.3 is 0 Å². The summed E-state index contributed by atoms with van der Waals surface area (Å²) in [5.41, 5.74) is 8.50. The molecule has 1 aliphatic rings. The second-order valence-electron chi connectivity index (χ2n) is 7.15. The SMILES string of the molecule is CNC1CCC(Cc2cc(-c3cccnc3)ccc2OC)(C(N)=O)CC1.Cl.Cl. The summed E-state index contributed by atoms with van der Waals surface area (Å²) >= 11 is 0. The summed E-state index contributed by atoms with van der Waals surface area (Å²) in [7, 11) is 3.64. The van der Waals surface area contributed by atoms with E-state index in [0.717, 1.165) is 48.1 Å². The van der Waals surface area contributed by atoms with Gasteiger partial charge in [-0.1, -0.05) is 12.1 Å². The topological polar surface area (TPSA) is 77.2 Å². The van der Waals surface area contributed by atoms with Crippen molar-refractivity contribution in [1.29, 1.82) is 0 Å². The molecule has 1 fully saturated rings. The molecular weight excluding hydrogens is 397 g/mol. The third kappa shape index (κ3) is 5.16. The van der Waals surface area contributed by atoms with Crippen molar-refractivity contribution in [3.05, 3.63) is 48.3 Å². The Balaban J connectivity index is 0.00000196. The minimum atomic E-state index is -0.506. The van der Waals surface area contributed by atoms with Gasteiger partial charge in [0.1, 0.15) is 5.75 Å². The minimum absolute atomic E-state index is 0. The van der Waals surface area contributed by atoms with Crippen molar-refractivity contribution in [2.45, 2.75) is 38.1 Å². The van der Waals surface area contributed by atoms with E-state index in [4.69, 9.17) is 10.5 Å². The lowest BCUT2D eigenvalue weighted by atomic mass is 9.68. The van der Waals surface area contributed by atoms with Gasteiger partial charge in [0, 0.05) is 24.0 Å². The van der Waals surface area contributed by atoms with E-state index in [0.29, 0.717) is 12.5 Å². The average molecular weight is 426 g/mol. The fourth-order valence-electron chi connectivity index (χ4n) is 3.96. The zero-order valence-corrected chi connectivity index (χ0v) is 17.9. The number of methoxy groups -OCH3 is 1. The standard InChI is InChI=1S/C21H27N3O2.2ClH/c1-23-18-7-9-21(10-8-18,20(22)25)13-17-12-15(5-6-19(17)26-2)16-4-3-11-24-14-16;;/h3-6,11-12,14,18,23H,7-10,13H2,1-2H3,(H2,22,25);2*1H. The molecule has 3 N–H and O–H groups in total. The molecule has 0 radical (unpaired) electrons. The number of nitrogens with two attached hydrogens (primary N) is 1. The van der Waals surface area contributed by atoms with Gasteiger partial charge in [-0.25, -0.2) is 0 Å². The molecule has 1 amide bonds. The van der Waals surface area contributed by atoms with Crippen LogP contribution in [-0.4, -0.2) is 31.1 Å². The molecule has 1 aliphatic carbocycles. The van der Waals surface area contributed by atoms with Gasteiger partial charge in [-0.2, -0.15) is 0 Å². The maximum atomic E-state index is 12.4. The molecule has 1 aromatic heterocycles. The van der Waals surface area contributed by atoms with Crippen molar-refractivity contribution in [2.24, 2.45) is 11.1 Å². The zero-order valence-electron chi connectivity index (χ0n) is 16.3. The van der Waals surface area contributed by atoms with Crippen LogP contribution >= 0.6 is 24.8 Å². The Bertz CT molecular complexity index is 764. The normalized spacial score (nSPS) is 21.1. The summed E-state index contributed by atoms with van der Waals surface area (Å²) in [6.45, 7) is 0. The Kier molecular flexibility index (Phi) is 9.21. The van der Waals surface area contributed by atoms with Crippen molar-refractivity contribution < 1.29 is 9.53 Å². The van der Waals surface area contributed by atoms with E-state index < -0.39 is 5.41 Å². The summed E-state index contributed by atoms with van der Waals surface area (Å²) in [5, 5.41) is 3.31. The summed E-state index contributed by atoms with van der Waals surface area (Å²) < 4.78 is 5.56. The van der Waals surface area contributed by atoms with Crippen LogP contribution in [0.4, 0.5) is 0 Å². The van der Waals surface area contributed by atoms with Crippen LogP contribution in [0.5, 0.6) is 5.75 Å². The fourth-order valence-corrected chi connectivity index (χ4v) is 3.96. The van der Waals surface area contributed by atoms with Crippen molar-refractivity contribution in [3.63, 3.8) is 0 Å². The molecule has 1 heterocycles. The number of nitrogens with one attached hydrogen (secondary N) is 1. The molecule has 0 atom stereocenters. The first-order valence-electron chi connectivity index (χ1n) is 9.12. The average Bonchev–Trinajstić information content (AvgIpc) is 2.69. The van der Waals surface area contributed by atoms with Gasteiger partial charge in [-0.15, -0.1) is 24.8 Å². The quantitative estimate of drug-likeness (QED) is 0.737. The highest BCUT2D eigenvalue weighted by molar-refractivity contribution is 5.85. The molecule has 0 bridgehead atoms. The van der Waals surface area contributed by atoms with Crippen LogP contribution in [0, 0.1) is 5.41 Å². The van der Waals surface area contributed by atoms with Crippen molar-refractivity contribution in [2.75, 3.05) is 14.2 Å². The molecule has 2 aromatic rings. The van der Waals surface area contributed by atoms with Crippen LogP contribution in [0.2, 0.25) is 0 Å². The van der Waals surface area contributed by atoms with Gasteiger partial charge in [-0.05, 0) is 68.5 Å². The van der Waals surface area contributed by atoms with Gasteiger partial charge in [0.15, 0.2) is 0 Å². The fraction of sp³-hybridized carbons (Fsp3) is 0.429. The van der Waals surface area contributed by atoms with Gasteiger partial charge in [0.05, 0.1) is 12.5 Å². The lowest BCUT2D eigenvalue weighted by molar-refractivity contribution is -0.129. The molecule has 0 saturated heterocycles. The highest BCUT2D eigenvalue weighted by Gasteiger charge is 2.40. The van der Waals surface area contributed by atoms with E-state index in [1.165, 1.54) is 0 Å². The van der Waals surface area contributed by atoms with Crippen molar-refractivity contribution in [3.8, 4) is 16.9 Å². The number of aromatic nitrogens is 1. The number of hydrogen-bond acceptors (Lipinski definition) is 4. The Morgan fingerprint density at radius 2 is 1.96 bits per heavy atom. The molecule has 154 valence electrons. The maximum Gasteiger partial charge on any atom is 0.223 e. The number of halogens is 2. The lowest BCUT2D eigenvalue weighted by Gasteiger charge is -2.38. The van der Waals surface area contributed by atoms with Gasteiger partial charge in [0.25, 0.3) is 0 Å². The lowest BCUT2D eigenvalue weighted by Crippen LogP contribution is -2.45. The third-order valence-corrected chi connectivity index (χ3v) is 5.68. The predicted octanol–water partition coefficient (Wildman–Crippen LogP) is 3.78. The van der Waals surface area contributed by atoms with E-state index >= 15 is 0 Å². The van der Waals surface area contributed by atoms with E-state index in [1.807, 2.05) is 37.5 Å². The first-order chi connectivity index (χ1) is 12.6. The number of nitrogens with zero attached hydrogens (tertiary/aromatic N) is 1. The van der Waals surface area contributed by atoms with E-state index in [1.54, 1.807) is 13.3 Å². The van der Waals surface area contributed by atoms with E-state index in [-0.39, 0.29) is 30.7 Å². The van der Waals surface area contributed by atoms with Crippen molar-refractivity contribution in [1.82, 2.24) is 10.3 Å². The Morgan fingerprint density at radius 1 is 1.25 bits per heavy atom. The number of carbonyl (C=O) groups is 1. The van der Waals surface area contributed by atoms with E-state index in [9.17, 15) is 4.79 Å². The maximum absolute atomic E-state index is 12.4. The van der Waals surface area contributed by atoms with Gasteiger partial charge in [-0.3, -0.25) is 9.78 Å². The molecule has 0 spiro atoms. The summed E-state index contributed by atoms with van der Waals surface area (Å²) in [6, 6.07) is 10.5. The second kappa shape index (κ2) is 10.6. The number of hydrogen-bond donors (Lipinski definition) is 2. The van der Waals surface area contributed by atoms with Crippen molar-refractivity contribution >= 4 is 30.7 Å². The molecular formula is C21H29Cl2N3O2. The highest BCUT2D eigenvalue weighted by atomic mass is 35.5. The molecule has 1 saturated carbocycles. The number of rotatable bonds is 6. The van der Waals surface area contributed by atoms with Crippen LogP contribution in [-0.2, 0) is 11.2 Å². The zero-order chi connectivity index (χ0) is 18.6. The van der Waals surface area contributed by atoms with Crippen LogP contribution in [0.25, 0.3) is 11.1 Å². The van der Waals surface area contributed by atoms with Gasteiger partial charge in [0.2, 0.25) is 5.91 Å². The summed E-state index contributed by atoms with van der Waals surface area (Å²) in [4.78, 5) is 16.6. The Hall–Kier alpha value is -1.82. The molecule has 0 aliphatic heterocycles. The summed E-state index contributed by atoms with van der Waals surface area (Å²) in [5.74, 6) is 0.592. The number of primary amides is 1. The van der Waals surface area contributed by atoms with Gasteiger partial charge < -0.3 is 15.8 Å². The molecule has 7 heteroatoms. The molecule has 1 aromatic carbocycles. The Morgan fingerprint density at radius 3 is 2.50 bits per heavy atom. The minimum Gasteiger partial charge on any atom is -0.496 e. The van der Waals surface area contributed by atoms with E-state index in [2.05, 4.69) is 16.4 Å². The molecule has 0 unspecified atom stereocenters. The second-order valence-corrected chi connectivity index (χ2v) is 7.15. The number of benzene rings is 1. The molecule has 28 heavy (non-hydrogen) atoms. The van der Waals surface area contributed by atoms with Crippen LogP contribution in [0.3, 0.4) is 0 Å². The van der Waals surface area contributed by atoms with Crippen LogP contribution < -0.4 is 15.8 Å². The number of pyridine rings is 1. The number of amides is 1. The number of ether oxygens (including phenoxy) is 1. The summed E-state index contributed by atoms with van der Waals surface area (Å²) in [6.07, 6.45) is 7.73. The third-order valence-electron chi connectivity index (χ3n) is 5.68. The number of carbonyl (C=O) groups excluding carboxylic acids is 1. The molecule has 5 nitrogen and oxygen atoms in total. The predicted molar refractivity (Wildman–Crippen MR) is 117 cm³/mol. The van der Waals surface area contributed by atoms with Crippen LogP contribution in [0.1, 0.15) is 31.2 Å². The largest absolute Gasteiger partial charge is 0.496 e. The Labute approximate surface area is 179 Å². The van der Waals surface area contributed by atoms with Crippen LogP contribution in [0.15, 0.2) is 42.7 Å². The first kappa shape index (κ1) is 24.2. The molecule has 3 rings (SSSR count).